The molecular formula is C24H25N7O. The number of imidazole rings is 1. The van der Waals surface area contributed by atoms with E-state index in [1.165, 1.54) is 5.56 Å². The minimum atomic E-state index is 0.653. The third kappa shape index (κ3) is 4.31. The standard InChI is InChI=1S/C24H25N7O/c1-2-18-4-3-5-19(14-18)16-26-28-23-15-22(30-10-12-32-13-11-30)24-27-21(17-31(24)29-23)20-6-8-25-9-7-20/h3-9,14-17H,2,10-13H2,1H3,(H,28,29). The zero-order chi connectivity index (χ0) is 21.8. The van der Waals surface area contributed by atoms with Gasteiger partial charge in [-0.25, -0.2) is 9.50 Å². The molecule has 0 spiro atoms. The maximum atomic E-state index is 5.54. The van der Waals surface area contributed by atoms with Gasteiger partial charge in [0.25, 0.3) is 0 Å². The summed E-state index contributed by atoms with van der Waals surface area (Å²) >= 11 is 0. The van der Waals surface area contributed by atoms with Crippen molar-refractivity contribution in [1.29, 1.82) is 0 Å². The summed E-state index contributed by atoms with van der Waals surface area (Å²) in [7, 11) is 0. The number of morpholine rings is 1. The van der Waals surface area contributed by atoms with Gasteiger partial charge in [0.1, 0.15) is 0 Å². The molecule has 1 aliphatic rings. The van der Waals surface area contributed by atoms with Gasteiger partial charge in [0.15, 0.2) is 11.5 Å². The van der Waals surface area contributed by atoms with Crippen molar-refractivity contribution in [2.45, 2.75) is 13.3 Å². The molecular weight excluding hydrogens is 402 g/mol. The van der Waals surface area contributed by atoms with Crippen LogP contribution < -0.4 is 10.3 Å². The van der Waals surface area contributed by atoms with Gasteiger partial charge in [0.2, 0.25) is 0 Å². The summed E-state index contributed by atoms with van der Waals surface area (Å²) in [5.74, 6) is 0.653. The summed E-state index contributed by atoms with van der Waals surface area (Å²) in [5, 5.41) is 9.12. The van der Waals surface area contributed by atoms with Crippen LogP contribution in [0.1, 0.15) is 18.1 Å². The van der Waals surface area contributed by atoms with E-state index in [1.54, 1.807) is 12.4 Å². The molecule has 0 atom stereocenters. The molecule has 0 saturated carbocycles. The number of ether oxygens (including phenoxy) is 1. The van der Waals surface area contributed by atoms with E-state index in [9.17, 15) is 0 Å². The molecule has 0 aliphatic carbocycles. The van der Waals surface area contributed by atoms with Crippen LogP contribution in [0, 0.1) is 0 Å². The Kier molecular flexibility index (Phi) is 5.76. The Bertz CT molecular complexity index is 1230. The predicted octanol–water partition coefficient (Wildman–Crippen LogP) is 3.64. The molecule has 5 rings (SSSR count). The zero-order valence-corrected chi connectivity index (χ0v) is 18.0. The van der Waals surface area contributed by atoms with E-state index >= 15 is 0 Å². The van der Waals surface area contributed by atoms with E-state index in [-0.39, 0.29) is 0 Å². The maximum absolute atomic E-state index is 5.54. The largest absolute Gasteiger partial charge is 0.378 e. The molecule has 32 heavy (non-hydrogen) atoms. The summed E-state index contributed by atoms with van der Waals surface area (Å²) in [6.45, 7) is 5.15. The lowest BCUT2D eigenvalue weighted by atomic mass is 10.1. The zero-order valence-electron chi connectivity index (χ0n) is 18.0. The molecule has 8 nitrogen and oxygen atoms in total. The van der Waals surface area contributed by atoms with Crippen molar-refractivity contribution in [1.82, 2.24) is 19.6 Å². The van der Waals surface area contributed by atoms with Crippen molar-refractivity contribution in [2.24, 2.45) is 5.10 Å². The lowest BCUT2D eigenvalue weighted by molar-refractivity contribution is 0.123. The second-order valence-electron chi connectivity index (χ2n) is 7.61. The van der Waals surface area contributed by atoms with Crippen molar-refractivity contribution >= 4 is 23.4 Å². The highest BCUT2D eigenvalue weighted by Crippen LogP contribution is 2.27. The number of benzene rings is 1. The number of aromatic nitrogens is 4. The van der Waals surface area contributed by atoms with Gasteiger partial charge in [-0.1, -0.05) is 31.2 Å². The van der Waals surface area contributed by atoms with E-state index in [2.05, 4.69) is 39.5 Å². The molecule has 1 N–H and O–H groups in total. The molecule has 0 unspecified atom stereocenters. The number of pyridine rings is 1. The van der Waals surface area contributed by atoms with Crippen LogP contribution >= 0.6 is 0 Å². The van der Waals surface area contributed by atoms with Gasteiger partial charge < -0.3 is 9.64 Å². The first-order valence-corrected chi connectivity index (χ1v) is 10.8. The Morgan fingerprint density at radius 1 is 1.12 bits per heavy atom. The van der Waals surface area contributed by atoms with E-state index in [1.807, 2.05) is 47.3 Å². The van der Waals surface area contributed by atoms with Gasteiger partial charge in [0, 0.05) is 37.1 Å². The van der Waals surface area contributed by atoms with Crippen LogP contribution in [0.15, 0.2) is 66.2 Å². The lowest BCUT2D eigenvalue weighted by Gasteiger charge is -2.29. The number of rotatable bonds is 6. The quantitative estimate of drug-likeness (QED) is 0.374. The highest BCUT2D eigenvalue weighted by molar-refractivity contribution is 5.81. The first-order valence-electron chi connectivity index (χ1n) is 10.8. The minimum Gasteiger partial charge on any atom is -0.378 e. The molecule has 1 saturated heterocycles. The van der Waals surface area contributed by atoms with Crippen molar-refractivity contribution in [2.75, 3.05) is 36.6 Å². The first kappa shape index (κ1) is 20.1. The Morgan fingerprint density at radius 2 is 1.97 bits per heavy atom. The summed E-state index contributed by atoms with van der Waals surface area (Å²) in [6.07, 6.45) is 8.29. The molecule has 1 fully saturated rings. The van der Waals surface area contributed by atoms with Gasteiger partial charge >= 0.3 is 0 Å². The van der Waals surface area contributed by atoms with Crippen LogP contribution in [-0.2, 0) is 11.2 Å². The van der Waals surface area contributed by atoms with E-state index in [0.29, 0.717) is 19.0 Å². The summed E-state index contributed by atoms with van der Waals surface area (Å²) < 4.78 is 7.36. The number of nitrogens with zero attached hydrogens (tertiary/aromatic N) is 6. The van der Waals surface area contributed by atoms with Crippen LogP contribution in [0.25, 0.3) is 16.9 Å². The van der Waals surface area contributed by atoms with Gasteiger partial charge in [-0.3, -0.25) is 10.4 Å². The van der Waals surface area contributed by atoms with Crippen molar-refractivity contribution in [3.63, 3.8) is 0 Å². The number of anilines is 2. The highest BCUT2D eigenvalue weighted by Gasteiger charge is 2.18. The van der Waals surface area contributed by atoms with Crippen LogP contribution in [0.3, 0.4) is 0 Å². The van der Waals surface area contributed by atoms with Crippen LogP contribution in [0.2, 0.25) is 0 Å². The van der Waals surface area contributed by atoms with E-state index in [0.717, 1.165) is 47.7 Å². The normalized spacial score (nSPS) is 14.3. The number of hydrogen-bond donors (Lipinski definition) is 1. The van der Waals surface area contributed by atoms with Gasteiger partial charge in [-0.2, -0.15) is 5.10 Å². The van der Waals surface area contributed by atoms with Crippen LogP contribution in [0.5, 0.6) is 0 Å². The second kappa shape index (κ2) is 9.15. The molecule has 1 aromatic carbocycles. The Labute approximate surface area is 186 Å². The number of hydrogen-bond acceptors (Lipinski definition) is 7. The van der Waals surface area contributed by atoms with Crippen molar-refractivity contribution < 1.29 is 4.74 Å². The molecule has 3 aromatic heterocycles. The van der Waals surface area contributed by atoms with Gasteiger partial charge in [-0.15, -0.1) is 5.10 Å². The van der Waals surface area contributed by atoms with E-state index in [4.69, 9.17) is 14.8 Å². The fraction of sp³-hybridized carbons (Fsp3) is 0.250. The monoisotopic (exact) mass is 427 g/mol. The molecule has 4 aromatic rings. The topological polar surface area (TPSA) is 79.9 Å². The summed E-state index contributed by atoms with van der Waals surface area (Å²) in [4.78, 5) is 11.3. The fourth-order valence-corrected chi connectivity index (χ4v) is 3.78. The van der Waals surface area contributed by atoms with Crippen molar-refractivity contribution in [3.05, 3.63) is 72.2 Å². The molecule has 4 heterocycles. The smallest absolute Gasteiger partial charge is 0.177 e. The third-order valence-corrected chi connectivity index (χ3v) is 5.49. The summed E-state index contributed by atoms with van der Waals surface area (Å²) in [6, 6.07) is 14.2. The average molecular weight is 428 g/mol. The Morgan fingerprint density at radius 3 is 2.78 bits per heavy atom. The Balaban J connectivity index is 1.48. The molecule has 0 radical (unpaired) electrons. The molecule has 0 bridgehead atoms. The average Bonchev–Trinajstić information content (AvgIpc) is 3.29. The molecule has 0 amide bonds. The second-order valence-corrected chi connectivity index (χ2v) is 7.61. The maximum Gasteiger partial charge on any atom is 0.177 e. The lowest BCUT2D eigenvalue weighted by Crippen LogP contribution is -2.36. The number of aryl methyl sites for hydroxylation is 1. The first-order chi connectivity index (χ1) is 15.8. The summed E-state index contributed by atoms with van der Waals surface area (Å²) in [5.41, 5.74) is 9.10. The Hall–Kier alpha value is -3.78. The predicted molar refractivity (Wildman–Crippen MR) is 126 cm³/mol. The van der Waals surface area contributed by atoms with E-state index < -0.39 is 0 Å². The number of hydrazone groups is 1. The SMILES string of the molecule is CCc1cccc(C=NNc2cc(N3CCOCC3)c3nc(-c4ccncc4)cn3n2)c1. The van der Waals surface area contributed by atoms with Gasteiger partial charge in [0.05, 0.1) is 37.0 Å². The van der Waals surface area contributed by atoms with Crippen LogP contribution in [0.4, 0.5) is 11.5 Å². The number of nitrogens with one attached hydrogen (secondary N) is 1. The molecule has 8 heteroatoms. The minimum absolute atomic E-state index is 0.653. The number of fused-ring (bicyclic) bond motifs is 1. The molecule has 1 aliphatic heterocycles. The molecule has 162 valence electrons. The fourth-order valence-electron chi connectivity index (χ4n) is 3.78. The highest BCUT2D eigenvalue weighted by atomic mass is 16.5. The third-order valence-electron chi connectivity index (χ3n) is 5.49. The van der Waals surface area contributed by atoms with Gasteiger partial charge in [-0.05, 0) is 29.7 Å². The van der Waals surface area contributed by atoms with Crippen LogP contribution in [-0.4, -0.2) is 52.1 Å². The van der Waals surface area contributed by atoms with Crippen molar-refractivity contribution in [3.8, 4) is 11.3 Å².